The van der Waals surface area contributed by atoms with E-state index in [0.29, 0.717) is 11.3 Å². The first-order valence-corrected chi connectivity index (χ1v) is 6.37. The lowest BCUT2D eigenvalue weighted by Gasteiger charge is -2.23. The van der Waals surface area contributed by atoms with Crippen molar-refractivity contribution >= 4 is 21.6 Å². The summed E-state index contributed by atoms with van der Waals surface area (Å²) in [5, 5.41) is 12.1. The molecule has 0 aliphatic carbocycles. The van der Waals surface area contributed by atoms with Crippen molar-refractivity contribution in [3.05, 3.63) is 28.0 Å². The summed E-state index contributed by atoms with van der Waals surface area (Å²) in [6.07, 6.45) is 0.997. The van der Waals surface area contributed by atoms with E-state index in [1.54, 1.807) is 12.1 Å². The summed E-state index contributed by atoms with van der Waals surface area (Å²) in [5.74, 6) is -0.342. The molecule has 0 atom stereocenters. The average Bonchev–Trinajstić information content (AvgIpc) is 2.61. The van der Waals surface area contributed by atoms with Gasteiger partial charge in [-0.25, -0.2) is 4.39 Å². The minimum absolute atomic E-state index is 0.259. The molecule has 0 spiro atoms. The Labute approximate surface area is 108 Å². The van der Waals surface area contributed by atoms with E-state index >= 15 is 0 Å². The monoisotopic (exact) mass is 297 g/mol. The Bertz CT molecular complexity index is 448. The van der Waals surface area contributed by atoms with Gasteiger partial charge in [-0.1, -0.05) is 0 Å². The number of halogens is 2. The summed E-state index contributed by atoms with van der Waals surface area (Å²) in [6, 6.07) is 5.30. The van der Waals surface area contributed by atoms with Crippen LogP contribution in [0.5, 0.6) is 0 Å². The molecule has 1 aromatic rings. The normalized spacial score (nSPS) is 16.4. The number of benzene rings is 1. The molecule has 1 N–H and O–H groups in total. The molecule has 0 saturated carbocycles. The van der Waals surface area contributed by atoms with Gasteiger partial charge in [0.2, 0.25) is 0 Å². The highest BCUT2D eigenvalue weighted by molar-refractivity contribution is 9.10. The van der Waals surface area contributed by atoms with E-state index in [-0.39, 0.29) is 10.3 Å². The van der Waals surface area contributed by atoms with Gasteiger partial charge >= 0.3 is 0 Å². The SMILES string of the molecule is N#Cc1ccc(N2CCCNCC2)c(F)c1Br. The Kier molecular flexibility index (Phi) is 3.97. The zero-order valence-electron chi connectivity index (χ0n) is 9.34. The van der Waals surface area contributed by atoms with Crippen LogP contribution < -0.4 is 10.2 Å². The van der Waals surface area contributed by atoms with Gasteiger partial charge < -0.3 is 10.2 Å². The van der Waals surface area contributed by atoms with Crippen LogP contribution in [0.15, 0.2) is 16.6 Å². The third-order valence-electron chi connectivity index (χ3n) is 2.86. The predicted octanol–water partition coefficient (Wildman–Crippen LogP) is 2.26. The molecule has 90 valence electrons. The highest BCUT2D eigenvalue weighted by atomic mass is 79.9. The molecular weight excluding hydrogens is 285 g/mol. The van der Waals surface area contributed by atoms with Crippen molar-refractivity contribution in [1.29, 1.82) is 5.26 Å². The van der Waals surface area contributed by atoms with E-state index in [9.17, 15) is 4.39 Å². The Morgan fingerprint density at radius 1 is 1.35 bits per heavy atom. The van der Waals surface area contributed by atoms with Crippen molar-refractivity contribution in [1.82, 2.24) is 5.32 Å². The van der Waals surface area contributed by atoms with Crippen LogP contribution in [-0.4, -0.2) is 26.2 Å². The molecule has 0 bridgehead atoms. The zero-order valence-corrected chi connectivity index (χ0v) is 10.9. The Balaban J connectivity index is 2.32. The maximum Gasteiger partial charge on any atom is 0.161 e. The summed E-state index contributed by atoms with van der Waals surface area (Å²) < 4.78 is 14.4. The number of nitriles is 1. The molecular formula is C12H13BrFN3. The molecule has 1 aliphatic heterocycles. The fraction of sp³-hybridized carbons (Fsp3) is 0.417. The summed E-state index contributed by atoms with van der Waals surface area (Å²) in [7, 11) is 0. The second kappa shape index (κ2) is 5.48. The summed E-state index contributed by atoms with van der Waals surface area (Å²) >= 11 is 3.14. The van der Waals surface area contributed by atoms with Crippen LogP contribution in [0.1, 0.15) is 12.0 Å². The smallest absolute Gasteiger partial charge is 0.161 e. The molecule has 3 nitrogen and oxygen atoms in total. The van der Waals surface area contributed by atoms with Gasteiger partial charge in [-0.3, -0.25) is 0 Å². The first-order valence-electron chi connectivity index (χ1n) is 5.58. The van der Waals surface area contributed by atoms with Gasteiger partial charge in [0.1, 0.15) is 6.07 Å². The standard InChI is InChI=1S/C12H13BrFN3/c13-11-9(8-15)2-3-10(12(11)14)17-6-1-4-16-5-7-17/h2-3,16H,1,4-7H2. The van der Waals surface area contributed by atoms with Gasteiger partial charge in [0.15, 0.2) is 5.82 Å². The molecule has 1 saturated heterocycles. The molecule has 1 fully saturated rings. The van der Waals surface area contributed by atoms with Gasteiger partial charge in [0, 0.05) is 19.6 Å². The molecule has 17 heavy (non-hydrogen) atoms. The first kappa shape index (κ1) is 12.3. The van der Waals surface area contributed by atoms with Crippen molar-refractivity contribution in [2.75, 3.05) is 31.1 Å². The molecule has 0 amide bonds. The Morgan fingerprint density at radius 3 is 2.94 bits per heavy atom. The van der Waals surface area contributed by atoms with E-state index in [1.165, 1.54) is 0 Å². The van der Waals surface area contributed by atoms with Gasteiger partial charge in [0.25, 0.3) is 0 Å². The van der Waals surface area contributed by atoms with Crippen molar-refractivity contribution < 1.29 is 4.39 Å². The lowest BCUT2D eigenvalue weighted by Crippen LogP contribution is -2.28. The van der Waals surface area contributed by atoms with Crippen LogP contribution in [-0.2, 0) is 0 Å². The number of hydrogen-bond acceptors (Lipinski definition) is 3. The number of hydrogen-bond donors (Lipinski definition) is 1. The third-order valence-corrected chi connectivity index (χ3v) is 3.64. The van der Waals surface area contributed by atoms with Crippen LogP contribution in [0.2, 0.25) is 0 Å². The molecule has 1 heterocycles. The third kappa shape index (κ3) is 2.59. The van der Waals surface area contributed by atoms with Crippen LogP contribution >= 0.6 is 15.9 Å². The summed E-state index contributed by atoms with van der Waals surface area (Å²) in [4.78, 5) is 2.02. The number of nitrogens with zero attached hydrogens (tertiary/aromatic N) is 2. The molecule has 0 unspecified atom stereocenters. The van der Waals surface area contributed by atoms with Crippen LogP contribution in [0, 0.1) is 17.1 Å². The molecule has 0 aromatic heterocycles. The van der Waals surface area contributed by atoms with Crippen LogP contribution in [0.25, 0.3) is 0 Å². The van der Waals surface area contributed by atoms with E-state index in [2.05, 4.69) is 21.2 Å². The maximum atomic E-state index is 14.1. The Morgan fingerprint density at radius 2 is 2.18 bits per heavy atom. The van der Waals surface area contributed by atoms with Crippen molar-refractivity contribution in [3.63, 3.8) is 0 Å². The van der Waals surface area contributed by atoms with E-state index < -0.39 is 0 Å². The largest absolute Gasteiger partial charge is 0.368 e. The lowest BCUT2D eigenvalue weighted by molar-refractivity contribution is 0.611. The van der Waals surface area contributed by atoms with Crippen molar-refractivity contribution in [2.45, 2.75) is 6.42 Å². The molecule has 2 rings (SSSR count). The number of nitrogens with one attached hydrogen (secondary N) is 1. The van der Waals surface area contributed by atoms with E-state index in [1.807, 2.05) is 11.0 Å². The zero-order chi connectivity index (χ0) is 12.3. The minimum Gasteiger partial charge on any atom is -0.368 e. The van der Waals surface area contributed by atoms with Gasteiger partial charge in [0.05, 0.1) is 15.7 Å². The second-order valence-electron chi connectivity index (χ2n) is 3.96. The van der Waals surface area contributed by atoms with Gasteiger partial charge in [-0.2, -0.15) is 5.26 Å². The van der Waals surface area contributed by atoms with E-state index in [4.69, 9.17) is 5.26 Å². The second-order valence-corrected chi connectivity index (χ2v) is 4.76. The fourth-order valence-electron chi connectivity index (χ4n) is 1.96. The van der Waals surface area contributed by atoms with Crippen LogP contribution in [0.4, 0.5) is 10.1 Å². The highest BCUT2D eigenvalue weighted by Gasteiger charge is 2.17. The van der Waals surface area contributed by atoms with Gasteiger partial charge in [-0.05, 0) is 41.0 Å². The van der Waals surface area contributed by atoms with Crippen molar-refractivity contribution in [2.24, 2.45) is 0 Å². The first-order chi connectivity index (χ1) is 8.24. The Hall–Kier alpha value is -1.12. The van der Waals surface area contributed by atoms with Crippen LogP contribution in [0.3, 0.4) is 0 Å². The molecule has 0 radical (unpaired) electrons. The van der Waals surface area contributed by atoms with E-state index in [0.717, 1.165) is 32.6 Å². The molecule has 1 aromatic carbocycles. The number of rotatable bonds is 1. The molecule has 1 aliphatic rings. The quantitative estimate of drug-likeness (QED) is 0.864. The summed E-state index contributed by atoms with van der Waals surface area (Å²) in [6.45, 7) is 3.45. The minimum atomic E-state index is -0.342. The predicted molar refractivity (Wildman–Crippen MR) is 68.5 cm³/mol. The molecule has 5 heteroatoms. The lowest BCUT2D eigenvalue weighted by atomic mass is 10.2. The maximum absolute atomic E-state index is 14.1. The average molecular weight is 298 g/mol. The topological polar surface area (TPSA) is 39.1 Å². The highest BCUT2D eigenvalue weighted by Crippen LogP contribution is 2.29. The van der Waals surface area contributed by atoms with Crippen molar-refractivity contribution in [3.8, 4) is 6.07 Å². The number of anilines is 1. The van der Waals surface area contributed by atoms with Gasteiger partial charge in [-0.15, -0.1) is 0 Å². The summed E-state index contributed by atoms with van der Waals surface area (Å²) in [5.41, 5.74) is 0.902. The fourth-order valence-corrected chi connectivity index (χ4v) is 2.38.